The number of fused-ring (bicyclic) bond motifs is 1. The van der Waals surface area contributed by atoms with Crippen molar-refractivity contribution < 1.29 is 0 Å². The van der Waals surface area contributed by atoms with E-state index < -0.39 is 0 Å². The Morgan fingerprint density at radius 3 is 2.43 bits per heavy atom. The van der Waals surface area contributed by atoms with Crippen LogP contribution in [0, 0.1) is 6.92 Å². The smallest absolute Gasteiger partial charge is 0.0493 e. The van der Waals surface area contributed by atoms with Gasteiger partial charge in [0.1, 0.15) is 0 Å². The van der Waals surface area contributed by atoms with E-state index >= 15 is 0 Å². The van der Waals surface area contributed by atoms with Crippen molar-refractivity contribution in [3.8, 4) is 0 Å². The van der Waals surface area contributed by atoms with Crippen molar-refractivity contribution in [3.63, 3.8) is 0 Å². The second kappa shape index (κ2) is 11.5. The first-order valence-corrected chi connectivity index (χ1v) is 10.6. The van der Waals surface area contributed by atoms with Crippen molar-refractivity contribution in [1.82, 2.24) is 9.88 Å². The van der Waals surface area contributed by atoms with Crippen molar-refractivity contribution in [2.24, 2.45) is 0 Å². The van der Waals surface area contributed by atoms with Gasteiger partial charge in [-0.1, -0.05) is 80.6 Å². The Kier molecular flexibility index (Phi) is 9.37. The Labute approximate surface area is 180 Å². The van der Waals surface area contributed by atoms with Crippen LogP contribution in [0.3, 0.4) is 0 Å². The maximum atomic E-state index is 6.41. The van der Waals surface area contributed by atoms with Crippen LogP contribution in [0.4, 0.5) is 0 Å². The number of nitrogens with zero attached hydrogens (tertiary/aromatic N) is 1. The van der Waals surface area contributed by atoms with Gasteiger partial charge < -0.3 is 9.88 Å². The van der Waals surface area contributed by atoms with Crippen LogP contribution in [0.15, 0.2) is 48.5 Å². The van der Waals surface area contributed by atoms with Gasteiger partial charge in [0.05, 0.1) is 0 Å². The highest BCUT2D eigenvalue weighted by Crippen LogP contribution is 2.28. The first-order chi connectivity index (χ1) is 13.2. The van der Waals surface area contributed by atoms with Gasteiger partial charge in [-0.25, -0.2) is 0 Å². The standard InChI is InChI=1S/C24H31ClN2.ClH/c1-3-4-5-6-11-16-26-17-22-19(2)27(24-15-10-8-13-21(22)24)18-20-12-7-9-14-23(20)25;/h7-10,12-15,26H,3-6,11,16-18H2,1-2H3;1H. The summed E-state index contributed by atoms with van der Waals surface area (Å²) in [4.78, 5) is 0. The second-order valence-corrected chi connectivity index (χ2v) is 7.76. The zero-order valence-corrected chi connectivity index (χ0v) is 18.6. The molecule has 0 saturated carbocycles. The summed E-state index contributed by atoms with van der Waals surface area (Å²) in [5, 5.41) is 5.84. The molecular weight excluding hydrogens is 387 g/mol. The molecule has 28 heavy (non-hydrogen) atoms. The molecule has 3 rings (SSSR count). The van der Waals surface area contributed by atoms with Crippen LogP contribution >= 0.6 is 24.0 Å². The molecule has 3 aromatic rings. The van der Waals surface area contributed by atoms with E-state index in [1.807, 2.05) is 12.1 Å². The van der Waals surface area contributed by atoms with Gasteiger partial charge >= 0.3 is 0 Å². The number of para-hydroxylation sites is 1. The molecule has 0 spiro atoms. The highest BCUT2D eigenvalue weighted by atomic mass is 35.5. The van der Waals surface area contributed by atoms with E-state index in [1.165, 1.54) is 59.8 Å². The van der Waals surface area contributed by atoms with Crippen LogP contribution < -0.4 is 5.32 Å². The molecule has 0 fully saturated rings. The largest absolute Gasteiger partial charge is 0.340 e. The normalized spacial score (nSPS) is 11.0. The Balaban J connectivity index is 0.00000280. The van der Waals surface area contributed by atoms with E-state index in [4.69, 9.17) is 11.6 Å². The quantitative estimate of drug-likeness (QED) is 0.346. The maximum Gasteiger partial charge on any atom is 0.0493 e. The molecule has 1 heterocycles. The van der Waals surface area contributed by atoms with E-state index in [2.05, 4.69) is 60.1 Å². The van der Waals surface area contributed by atoms with Gasteiger partial charge in [0.15, 0.2) is 0 Å². The molecule has 0 unspecified atom stereocenters. The molecule has 0 bridgehead atoms. The summed E-state index contributed by atoms with van der Waals surface area (Å²) >= 11 is 6.41. The zero-order valence-electron chi connectivity index (χ0n) is 17.0. The van der Waals surface area contributed by atoms with Crippen molar-refractivity contribution in [2.45, 2.75) is 59.0 Å². The average molecular weight is 419 g/mol. The van der Waals surface area contributed by atoms with Crippen molar-refractivity contribution in [1.29, 1.82) is 0 Å². The van der Waals surface area contributed by atoms with Crippen LogP contribution in [-0.2, 0) is 13.1 Å². The molecular formula is C24H32Cl2N2. The fourth-order valence-electron chi connectivity index (χ4n) is 3.79. The monoisotopic (exact) mass is 418 g/mol. The number of unbranched alkanes of at least 4 members (excludes halogenated alkanes) is 4. The number of aromatic nitrogens is 1. The average Bonchev–Trinajstić information content (AvgIpc) is 2.95. The zero-order chi connectivity index (χ0) is 19.1. The molecule has 4 heteroatoms. The number of hydrogen-bond donors (Lipinski definition) is 1. The van der Waals surface area contributed by atoms with E-state index in [-0.39, 0.29) is 12.4 Å². The molecule has 0 aliphatic rings. The van der Waals surface area contributed by atoms with Crippen LogP contribution in [-0.4, -0.2) is 11.1 Å². The number of rotatable bonds is 10. The van der Waals surface area contributed by atoms with Crippen LogP contribution in [0.25, 0.3) is 10.9 Å². The van der Waals surface area contributed by atoms with E-state index in [0.717, 1.165) is 24.7 Å². The van der Waals surface area contributed by atoms with E-state index in [9.17, 15) is 0 Å². The number of benzene rings is 2. The third-order valence-corrected chi connectivity index (χ3v) is 5.78. The van der Waals surface area contributed by atoms with Gasteiger partial charge in [0, 0.05) is 34.7 Å². The predicted molar refractivity (Wildman–Crippen MR) is 125 cm³/mol. The fourth-order valence-corrected chi connectivity index (χ4v) is 3.99. The van der Waals surface area contributed by atoms with Gasteiger partial charge in [-0.05, 0) is 43.1 Å². The lowest BCUT2D eigenvalue weighted by Crippen LogP contribution is -2.15. The summed E-state index contributed by atoms with van der Waals surface area (Å²) in [6.07, 6.45) is 6.60. The first kappa shape index (κ1) is 22.8. The van der Waals surface area contributed by atoms with Gasteiger partial charge in [-0.2, -0.15) is 0 Å². The molecule has 0 radical (unpaired) electrons. The van der Waals surface area contributed by atoms with Gasteiger partial charge in [-0.3, -0.25) is 0 Å². The molecule has 0 atom stereocenters. The van der Waals surface area contributed by atoms with E-state index in [0.29, 0.717) is 0 Å². The third kappa shape index (κ3) is 5.53. The molecule has 0 aliphatic heterocycles. The Bertz CT molecular complexity index is 870. The first-order valence-electron chi connectivity index (χ1n) is 10.2. The molecule has 2 nitrogen and oxygen atoms in total. The molecule has 0 aliphatic carbocycles. The summed E-state index contributed by atoms with van der Waals surface area (Å²) in [5.41, 5.74) is 5.19. The molecule has 2 aromatic carbocycles. The summed E-state index contributed by atoms with van der Waals surface area (Å²) in [5.74, 6) is 0. The Morgan fingerprint density at radius 1 is 0.929 bits per heavy atom. The molecule has 0 amide bonds. The van der Waals surface area contributed by atoms with Crippen LogP contribution in [0.5, 0.6) is 0 Å². The van der Waals surface area contributed by atoms with Crippen molar-refractivity contribution in [2.75, 3.05) is 6.54 Å². The summed E-state index contributed by atoms with van der Waals surface area (Å²) in [6, 6.07) is 16.8. The Hall–Kier alpha value is -1.48. The molecule has 1 aromatic heterocycles. The van der Waals surface area contributed by atoms with Crippen LogP contribution in [0.1, 0.15) is 55.8 Å². The SMILES string of the molecule is CCCCCCCNCc1c(C)n(Cc2ccccc2Cl)c2ccccc12.Cl. The van der Waals surface area contributed by atoms with Crippen molar-refractivity contribution in [3.05, 3.63) is 70.4 Å². The molecule has 0 saturated heterocycles. The third-order valence-electron chi connectivity index (χ3n) is 5.41. The summed E-state index contributed by atoms with van der Waals surface area (Å²) < 4.78 is 2.40. The second-order valence-electron chi connectivity index (χ2n) is 7.35. The topological polar surface area (TPSA) is 17.0 Å². The lowest BCUT2D eigenvalue weighted by molar-refractivity contribution is 0.583. The highest BCUT2D eigenvalue weighted by molar-refractivity contribution is 6.31. The minimum atomic E-state index is 0. The maximum absolute atomic E-state index is 6.41. The highest BCUT2D eigenvalue weighted by Gasteiger charge is 2.14. The Morgan fingerprint density at radius 2 is 1.64 bits per heavy atom. The van der Waals surface area contributed by atoms with E-state index in [1.54, 1.807) is 0 Å². The number of nitrogens with one attached hydrogen (secondary N) is 1. The van der Waals surface area contributed by atoms with Crippen molar-refractivity contribution >= 4 is 34.9 Å². The minimum absolute atomic E-state index is 0. The lowest BCUT2D eigenvalue weighted by Gasteiger charge is -2.11. The van der Waals surface area contributed by atoms with Gasteiger partial charge in [-0.15, -0.1) is 12.4 Å². The lowest BCUT2D eigenvalue weighted by atomic mass is 10.1. The van der Waals surface area contributed by atoms with Crippen LogP contribution in [0.2, 0.25) is 5.02 Å². The fraction of sp³-hybridized carbons (Fsp3) is 0.417. The minimum Gasteiger partial charge on any atom is -0.340 e. The van der Waals surface area contributed by atoms with Gasteiger partial charge in [0.2, 0.25) is 0 Å². The summed E-state index contributed by atoms with van der Waals surface area (Å²) in [7, 11) is 0. The molecule has 152 valence electrons. The summed E-state index contributed by atoms with van der Waals surface area (Å²) in [6.45, 7) is 7.32. The number of hydrogen-bond acceptors (Lipinski definition) is 1. The predicted octanol–water partition coefficient (Wildman–Crippen LogP) is 7.13. The molecule has 1 N–H and O–H groups in total. The van der Waals surface area contributed by atoms with Gasteiger partial charge in [0.25, 0.3) is 0 Å². The number of halogens is 2.